The molecule has 1 saturated heterocycles. The number of carboxylic acid groups (broad SMARTS) is 1. The minimum atomic E-state index is -0.921. The molecule has 5 nitrogen and oxygen atoms in total. The van der Waals surface area contributed by atoms with Crippen LogP contribution in [-0.4, -0.2) is 45.4 Å². The summed E-state index contributed by atoms with van der Waals surface area (Å²) in [6.45, 7) is 0.832. The number of thiazole rings is 1. The average Bonchev–Trinajstić information content (AvgIpc) is 2.69. The Labute approximate surface area is 97.4 Å². The van der Waals surface area contributed by atoms with Crippen LogP contribution in [0.5, 0.6) is 0 Å². The highest BCUT2D eigenvalue weighted by Gasteiger charge is 2.30. The molecule has 2 unspecified atom stereocenters. The average molecular weight is 242 g/mol. The van der Waals surface area contributed by atoms with Crippen molar-refractivity contribution in [3.63, 3.8) is 0 Å². The van der Waals surface area contributed by atoms with Crippen molar-refractivity contribution in [2.45, 2.75) is 24.9 Å². The van der Waals surface area contributed by atoms with E-state index in [1.54, 1.807) is 6.20 Å². The van der Waals surface area contributed by atoms with E-state index in [1.165, 1.54) is 16.2 Å². The Morgan fingerprint density at radius 3 is 3.06 bits per heavy atom. The molecular formula is C10H14N2O3S. The zero-order chi connectivity index (χ0) is 11.5. The first-order valence-corrected chi connectivity index (χ1v) is 6.12. The molecule has 2 atom stereocenters. The molecule has 2 rings (SSSR count). The van der Waals surface area contributed by atoms with Crippen LogP contribution in [0, 0.1) is 0 Å². The zero-order valence-electron chi connectivity index (χ0n) is 8.74. The molecule has 88 valence electrons. The number of hydrogen-bond donors (Lipinski definition) is 2. The maximum absolute atomic E-state index is 11.0. The van der Waals surface area contributed by atoms with Gasteiger partial charge in [0.25, 0.3) is 0 Å². The SMILES string of the molecule is O=C(O)N1CCCC(O)C(c2nccs2)C1. The van der Waals surface area contributed by atoms with Crippen LogP contribution in [-0.2, 0) is 0 Å². The summed E-state index contributed by atoms with van der Waals surface area (Å²) in [6.07, 6.45) is 1.61. The minimum absolute atomic E-state index is 0.182. The summed E-state index contributed by atoms with van der Waals surface area (Å²) in [4.78, 5) is 16.5. The first-order chi connectivity index (χ1) is 7.68. The molecule has 1 aliphatic rings. The van der Waals surface area contributed by atoms with Gasteiger partial charge in [0.15, 0.2) is 0 Å². The molecular weight excluding hydrogens is 228 g/mol. The van der Waals surface area contributed by atoms with E-state index in [0.717, 1.165) is 5.01 Å². The molecule has 2 heterocycles. The van der Waals surface area contributed by atoms with E-state index in [9.17, 15) is 9.90 Å². The number of rotatable bonds is 1. The van der Waals surface area contributed by atoms with Gasteiger partial charge in [0.05, 0.1) is 17.0 Å². The fraction of sp³-hybridized carbons (Fsp3) is 0.600. The van der Waals surface area contributed by atoms with Crippen molar-refractivity contribution in [3.05, 3.63) is 16.6 Å². The first kappa shape index (κ1) is 11.3. The van der Waals surface area contributed by atoms with Crippen molar-refractivity contribution in [2.75, 3.05) is 13.1 Å². The van der Waals surface area contributed by atoms with Crippen LogP contribution in [0.25, 0.3) is 0 Å². The molecule has 6 heteroatoms. The summed E-state index contributed by atoms with van der Waals surface area (Å²) in [7, 11) is 0. The predicted molar refractivity (Wildman–Crippen MR) is 59.7 cm³/mol. The third-order valence-electron chi connectivity index (χ3n) is 2.85. The van der Waals surface area contributed by atoms with Crippen LogP contribution in [0.15, 0.2) is 11.6 Å². The topological polar surface area (TPSA) is 73.7 Å². The van der Waals surface area contributed by atoms with Gasteiger partial charge < -0.3 is 15.1 Å². The molecule has 0 aliphatic carbocycles. The number of aromatic nitrogens is 1. The molecule has 1 amide bonds. The summed E-state index contributed by atoms with van der Waals surface area (Å²) in [6, 6.07) is 0. The molecule has 16 heavy (non-hydrogen) atoms. The number of nitrogens with zero attached hydrogens (tertiary/aromatic N) is 2. The number of aliphatic hydroxyl groups is 1. The molecule has 2 N–H and O–H groups in total. The highest BCUT2D eigenvalue weighted by Crippen LogP contribution is 2.28. The van der Waals surface area contributed by atoms with Gasteiger partial charge in [0.1, 0.15) is 0 Å². The third-order valence-corrected chi connectivity index (χ3v) is 3.76. The molecule has 0 bridgehead atoms. The van der Waals surface area contributed by atoms with E-state index in [2.05, 4.69) is 4.98 Å². The number of aliphatic hydroxyl groups excluding tert-OH is 1. The van der Waals surface area contributed by atoms with Crippen molar-refractivity contribution >= 4 is 17.4 Å². The van der Waals surface area contributed by atoms with E-state index < -0.39 is 12.2 Å². The molecule has 0 spiro atoms. The van der Waals surface area contributed by atoms with Gasteiger partial charge in [-0.2, -0.15) is 0 Å². The van der Waals surface area contributed by atoms with Gasteiger partial charge in [0.2, 0.25) is 0 Å². The fourth-order valence-corrected chi connectivity index (χ4v) is 2.77. The summed E-state index contributed by atoms with van der Waals surface area (Å²) in [5, 5.41) is 21.6. The van der Waals surface area contributed by atoms with Crippen LogP contribution < -0.4 is 0 Å². The van der Waals surface area contributed by atoms with E-state index in [-0.39, 0.29) is 5.92 Å². The fourth-order valence-electron chi connectivity index (χ4n) is 1.98. The lowest BCUT2D eigenvalue weighted by molar-refractivity contribution is 0.122. The maximum atomic E-state index is 11.0. The van der Waals surface area contributed by atoms with E-state index in [0.29, 0.717) is 25.9 Å². The molecule has 1 aromatic heterocycles. The molecule has 1 fully saturated rings. The van der Waals surface area contributed by atoms with Crippen LogP contribution in [0.3, 0.4) is 0 Å². The Kier molecular flexibility index (Phi) is 3.40. The van der Waals surface area contributed by atoms with Gasteiger partial charge in [-0.1, -0.05) is 0 Å². The second kappa shape index (κ2) is 4.80. The predicted octanol–water partition coefficient (Wildman–Crippen LogP) is 1.36. The maximum Gasteiger partial charge on any atom is 0.407 e. The highest BCUT2D eigenvalue weighted by atomic mass is 32.1. The Balaban J connectivity index is 2.17. The van der Waals surface area contributed by atoms with Gasteiger partial charge in [0, 0.05) is 24.7 Å². The summed E-state index contributed by atoms with van der Waals surface area (Å²) < 4.78 is 0. The smallest absolute Gasteiger partial charge is 0.407 e. The highest BCUT2D eigenvalue weighted by molar-refractivity contribution is 7.09. The van der Waals surface area contributed by atoms with Gasteiger partial charge in [-0.05, 0) is 12.8 Å². The van der Waals surface area contributed by atoms with Gasteiger partial charge in [-0.3, -0.25) is 0 Å². The van der Waals surface area contributed by atoms with Crippen LogP contribution in [0.2, 0.25) is 0 Å². The van der Waals surface area contributed by atoms with E-state index in [1.807, 2.05) is 5.38 Å². The normalized spacial score (nSPS) is 26.4. The van der Waals surface area contributed by atoms with E-state index >= 15 is 0 Å². The van der Waals surface area contributed by atoms with Gasteiger partial charge >= 0.3 is 6.09 Å². The van der Waals surface area contributed by atoms with Gasteiger partial charge in [-0.15, -0.1) is 11.3 Å². The lowest BCUT2D eigenvalue weighted by atomic mass is 10.0. The van der Waals surface area contributed by atoms with Gasteiger partial charge in [-0.25, -0.2) is 9.78 Å². The number of carbonyl (C=O) groups is 1. The third kappa shape index (κ3) is 2.33. The van der Waals surface area contributed by atoms with Crippen LogP contribution in [0.4, 0.5) is 4.79 Å². The zero-order valence-corrected chi connectivity index (χ0v) is 9.56. The Hall–Kier alpha value is -1.14. The monoisotopic (exact) mass is 242 g/mol. The molecule has 1 aromatic rings. The number of amides is 1. The molecule has 0 saturated carbocycles. The first-order valence-electron chi connectivity index (χ1n) is 5.24. The number of likely N-dealkylation sites (tertiary alicyclic amines) is 1. The largest absolute Gasteiger partial charge is 0.465 e. The van der Waals surface area contributed by atoms with Crippen LogP contribution >= 0.6 is 11.3 Å². The summed E-state index contributed by atoms with van der Waals surface area (Å²) in [5.74, 6) is -0.182. The Morgan fingerprint density at radius 2 is 2.44 bits per heavy atom. The Bertz CT molecular complexity index is 355. The summed E-state index contributed by atoms with van der Waals surface area (Å²) >= 11 is 1.47. The lowest BCUT2D eigenvalue weighted by Gasteiger charge is -2.22. The standard InChI is InChI=1S/C10H14N2O3S/c13-8-2-1-4-12(10(14)15)6-7(8)9-11-3-5-16-9/h3,5,7-8,13H,1-2,4,6H2,(H,14,15). The second-order valence-corrected chi connectivity index (χ2v) is 4.84. The van der Waals surface area contributed by atoms with Crippen molar-refractivity contribution in [1.29, 1.82) is 0 Å². The van der Waals surface area contributed by atoms with E-state index in [4.69, 9.17) is 5.11 Å². The second-order valence-electron chi connectivity index (χ2n) is 3.92. The summed E-state index contributed by atoms with van der Waals surface area (Å²) in [5.41, 5.74) is 0. The quantitative estimate of drug-likeness (QED) is 0.780. The molecule has 1 aliphatic heterocycles. The number of hydrogen-bond acceptors (Lipinski definition) is 4. The lowest BCUT2D eigenvalue weighted by Crippen LogP contribution is -2.34. The van der Waals surface area contributed by atoms with Crippen molar-refractivity contribution in [1.82, 2.24) is 9.88 Å². The Morgan fingerprint density at radius 1 is 1.62 bits per heavy atom. The van der Waals surface area contributed by atoms with Crippen molar-refractivity contribution < 1.29 is 15.0 Å². The van der Waals surface area contributed by atoms with Crippen molar-refractivity contribution in [2.24, 2.45) is 0 Å². The minimum Gasteiger partial charge on any atom is -0.465 e. The van der Waals surface area contributed by atoms with Crippen LogP contribution in [0.1, 0.15) is 23.8 Å². The molecule has 0 aromatic carbocycles. The molecule has 0 radical (unpaired) electrons. The van der Waals surface area contributed by atoms with Crippen molar-refractivity contribution in [3.8, 4) is 0 Å².